The van der Waals surface area contributed by atoms with Crippen LogP contribution in [0, 0.1) is 10.1 Å². The zero-order valence-corrected chi connectivity index (χ0v) is 16.9. The van der Waals surface area contributed by atoms with Crippen LogP contribution >= 0.6 is 22.9 Å². The number of benzene rings is 2. The number of nitro benzene ring substituents is 1. The van der Waals surface area contributed by atoms with Gasteiger partial charge in [0, 0.05) is 18.1 Å². The van der Waals surface area contributed by atoms with Crippen LogP contribution in [0.2, 0.25) is 5.02 Å². The molecule has 1 N–H and O–H groups in total. The Balaban J connectivity index is 1.71. The second-order valence-electron chi connectivity index (χ2n) is 5.74. The van der Waals surface area contributed by atoms with Gasteiger partial charge < -0.3 is 9.47 Å². The van der Waals surface area contributed by atoms with Gasteiger partial charge in [0.1, 0.15) is 10.0 Å². The number of hydrogen-bond acceptors (Lipinski definition) is 8. The lowest BCUT2D eigenvalue weighted by molar-refractivity contribution is -0.384. The van der Waals surface area contributed by atoms with Crippen LogP contribution < -0.4 is 14.8 Å². The summed E-state index contributed by atoms with van der Waals surface area (Å²) >= 11 is 6.97. The molecule has 0 aliphatic rings. The van der Waals surface area contributed by atoms with Gasteiger partial charge in [-0.25, -0.2) is 0 Å². The fourth-order valence-corrected chi connectivity index (χ4v) is 3.46. The molecule has 150 valence electrons. The van der Waals surface area contributed by atoms with E-state index < -0.39 is 10.8 Å². The van der Waals surface area contributed by atoms with Gasteiger partial charge in [-0.15, -0.1) is 10.2 Å². The number of halogens is 1. The molecule has 9 nitrogen and oxygen atoms in total. The third-order valence-corrected chi connectivity index (χ3v) is 5.05. The predicted octanol–water partition coefficient (Wildman–Crippen LogP) is 3.96. The first-order chi connectivity index (χ1) is 13.9. The van der Waals surface area contributed by atoms with Gasteiger partial charge in [-0.05, 0) is 29.8 Å². The van der Waals surface area contributed by atoms with Gasteiger partial charge in [-0.1, -0.05) is 29.0 Å². The molecule has 2 aromatic carbocycles. The summed E-state index contributed by atoms with van der Waals surface area (Å²) in [6, 6.07) is 9.33. The van der Waals surface area contributed by atoms with Crippen LogP contribution in [0.1, 0.15) is 20.9 Å². The zero-order valence-electron chi connectivity index (χ0n) is 15.3. The highest BCUT2D eigenvalue weighted by Crippen LogP contribution is 2.29. The Bertz CT molecular complexity index is 1070. The standard InChI is InChI=1S/C18H15ClN4O5S/c1-27-14-6-3-10(7-15(14)28-2)8-16-21-22-18(29-16)20-17(24)11-4-5-12(19)13(9-11)23(25)26/h3-7,9H,8H2,1-2H3,(H,20,22,24). The number of carbonyl (C=O) groups is 1. The maximum Gasteiger partial charge on any atom is 0.288 e. The molecular formula is C18H15ClN4O5S. The lowest BCUT2D eigenvalue weighted by atomic mass is 10.1. The van der Waals surface area contributed by atoms with Crippen LogP contribution in [0.3, 0.4) is 0 Å². The van der Waals surface area contributed by atoms with Crippen LogP contribution in [0.15, 0.2) is 36.4 Å². The number of rotatable bonds is 7. The Hall–Kier alpha value is -3.24. The predicted molar refractivity (Wildman–Crippen MR) is 108 cm³/mol. The molecule has 0 radical (unpaired) electrons. The fourth-order valence-electron chi connectivity index (χ4n) is 2.50. The molecule has 29 heavy (non-hydrogen) atoms. The number of anilines is 1. The monoisotopic (exact) mass is 434 g/mol. The molecule has 11 heteroatoms. The minimum absolute atomic E-state index is 0.0420. The first-order valence-corrected chi connectivity index (χ1v) is 9.39. The average molecular weight is 435 g/mol. The van der Waals surface area contributed by atoms with Crippen LogP contribution in [0.5, 0.6) is 11.5 Å². The number of amides is 1. The van der Waals surface area contributed by atoms with E-state index in [0.717, 1.165) is 11.6 Å². The van der Waals surface area contributed by atoms with E-state index >= 15 is 0 Å². The van der Waals surface area contributed by atoms with Crippen molar-refractivity contribution in [2.24, 2.45) is 0 Å². The Morgan fingerprint density at radius 3 is 2.62 bits per heavy atom. The molecule has 0 fully saturated rings. The van der Waals surface area contributed by atoms with Crippen molar-refractivity contribution in [1.82, 2.24) is 10.2 Å². The van der Waals surface area contributed by atoms with Crippen molar-refractivity contribution in [3.63, 3.8) is 0 Å². The number of nitro groups is 1. The van der Waals surface area contributed by atoms with Crippen molar-refractivity contribution in [2.45, 2.75) is 6.42 Å². The highest BCUT2D eigenvalue weighted by molar-refractivity contribution is 7.15. The third-order valence-electron chi connectivity index (χ3n) is 3.90. The summed E-state index contributed by atoms with van der Waals surface area (Å²) in [5.74, 6) is 0.685. The Labute approximate surface area is 174 Å². The summed E-state index contributed by atoms with van der Waals surface area (Å²) < 4.78 is 10.5. The van der Waals surface area contributed by atoms with Gasteiger partial charge in [0.05, 0.1) is 19.1 Å². The molecule has 0 unspecified atom stereocenters. The summed E-state index contributed by atoms with van der Waals surface area (Å²) in [4.78, 5) is 22.7. The SMILES string of the molecule is COc1ccc(Cc2nnc(NC(=O)c3ccc(Cl)c([N+](=O)[O-])c3)s2)cc1OC. The molecule has 3 aromatic rings. The molecule has 0 saturated carbocycles. The molecule has 0 spiro atoms. The average Bonchev–Trinajstić information content (AvgIpc) is 3.14. The zero-order chi connectivity index (χ0) is 21.0. The van der Waals surface area contributed by atoms with Crippen molar-refractivity contribution >= 4 is 39.7 Å². The minimum atomic E-state index is -0.648. The van der Waals surface area contributed by atoms with Gasteiger partial charge in [0.15, 0.2) is 11.5 Å². The highest BCUT2D eigenvalue weighted by atomic mass is 35.5. The Kier molecular flexibility index (Phi) is 6.25. The van der Waals surface area contributed by atoms with Crippen molar-refractivity contribution in [1.29, 1.82) is 0 Å². The van der Waals surface area contributed by atoms with E-state index in [-0.39, 0.29) is 21.4 Å². The molecular weight excluding hydrogens is 420 g/mol. The van der Waals surface area contributed by atoms with Gasteiger partial charge >= 0.3 is 0 Å². The van der Waals surface area contributed by atoms with E-state index in [9.17, 15) is 14.9 Å². The van der Waals surface area contributed by atoms with E-state index in [2.05, 4.69) is 15.5 Å². The van der Waals surface area contributed by atoms with Crippen LogP contribution in [0.25, 0.3) is 0 Å². The molecule has 1 amide bonds. The highest BCUT2D eigenvalue weighted by Gasteiger charge is 2.17. The summed E-state index contributed by atoms with van der Waals surface area (Å²) in [6.45, 7) is 0. The number of carbonyl (C=O) groups excluding carboxylic acids is 1. The molecule has 0 atom stereocenters. The van der Waals surface area contributed by atoms with Crippen LogP contribution in [0.4, 0.5) is 10.8 Å². The number of nitrogens with one attached hydrogen (secondary N) is 1. The van der Waals surface area contributed by atoms with Crippen molar-refractivity contribution in [3.05, 3.63) is 67.7 Å². The van der Waals surface area contributed by atoms with Crippen molar-refractivity contribution in [3.8, 4) is 11.5 Å². The van der Waals surface area contributed by atoms with E-state index in [4.69, 9.17) is 21.1 Å². The fraction of sp³-hybridized carbons (Fsp3) is 0.167. The third kappa shape index (κ3) is 4.79. The smallest absolute Gasteiger partial charge is 0.288 e. The molecule has 0 saturated heterocycles. The number of hydrogen-bond donors (Lipinski definition) is 1. The first kappa shape index (κ1) is 20.5. The first-order valence-electron chi connectivity index (χ1n) is 8.20. The number of aromatic nitrogens is 2. The second-order valence-corrected chi connectivity index (χ2v) is 7.21. The summed E-state index contributed by atoms with van der Waals surface area (Å²) in [6.07, 6.45) is 0.486. The summed E-state index contributed by atoms with van der Waals surface area (Å²) in [5, 5.41) is 22.5. The van der Waals surface area contributed by atoms with Crippen LogP contribution in [-0.4, -0.2) is 35.2 Å². The normalized spacial score (nSPS) is 10.4. The Morgan fingerprint density at radius 1 is 1.17 bits per heavy atom. The van der Waals surface area contributed by atoms with E-state index in [1.807, 2.05) is 12.1 Å². The number of methoxy groups -OCH3 is 2. The maximum absolute atomic E-state index is 12.4. The Morgan fingerprint density at radius 2 is 1.93 bits per heavy atom. The summed E-state index contributed by atoms with van der Waals surface area (Å²) in [5.41, 5.74) is 0.688. The number of nitrogens with zero attached hydrogens (tertiary/aromatic N) is 3. The molecule has 0 aliphatic heterocycles. The quantitative estimate of drug-likeness (QED) is 0.441. The van der Waals surface area contributed by atoms with E-state index in [1.54, 1.807) is 20.3 Å². The molecule has 1 aromatic heterocycles. The largest absolute Gasteiger partial charge is 0.493 e. The van der Waals surface area contributed by atoms with Gasteiger partial charge in [-0.2, -0.15) is 0 Å². The lowest BCUT2D eigenvalue weighted by Gasteiger charge is -2.08. The van der Waals surface area contributed by atoms with Gasteiger partial charge in [0.2, 0.25) is 5.13 Å². The van der Waals surface area contributed by atoms with Crippen molar-refractivity contribution < 1.29 is 19.2 Å². The lowest BCUT2D eigenvalue weighted by Crippen LogP contribution is -2.12. The molecule has 0 aliphatic carbocycles. The van der Waals surface area contributed by atoms with E-state index in [0.29, 0.717) is 22.9 Å². The van der Waals surface area contributed by atoms with E-state index in [1.165, 1.54) is 23.5 Å². The number of ether oxygens (including phenoxy) is 2. The van der Waals surface area contributed by atoms with Crippen LogP contribution in [-0.2, 0) is 6.42 Å². The van der Waals surface area contributed by atoms with Crippen molar-refractivity contribution in [2.75, 3.05) is 19.5 Å². The molecule has 0 bridgehead atoms. The van der Waals surface area contributed by atoms with Gasteiger partial charge in [-0.3, -0.25) is 20.2 Å². The van der Waals surface area contributed by atoms with Gasteiger partial charge in [0.25, 0.3) is 11.6 Å². The topological polar surface area (TPSA) is 116 Å². The summed E-state index contributed by atoms with van der Waals surface area (Å²) in [7, 11) is 3.12. The molecule has 3 rings (SSSR count). The second kappa shape index (κ2) is 8.84. The maximum atomic E-state index is 12.4. The minimum Gasteiger partial charge on any atom is -0.493 e. The molecule has 1 heterocycles.